The summed E-state index contributed by atoms with van der Waals surface area (Å²) < 4.78 is 1.99. The van der Waals surface area contributed by atoms with Gasteiger partial charge in [-0.2, -0.15) is 0 Å². The Morgan fingerprint density at radius 1 is 1.15 bits per heavy atom. The van der Waals surface area contributed by atoms with E-state index in [4.69, 9.17) is 16.6 Å². The molecule has 0 bridgehead atoms. The van der Waals surface area contributed by atoms with Crippen molar-refractivity contribution >= 4 is 51.0 Å². The third-order valence-electron chi connectivity index (χ3n) is 7.99. The molecule has 1 atom stereocenters. The van der Waals surface area contributed by atoms with Crippen LogP contribution in [0.15, 0.2) is 48.1 Å². The highest BCUT2D eigenvalue weighted by molar-refractivity contribution is 7.14. The molecule has 2 aliphatic rings. The molecule has 1 aromatic carbocycles. The highest BCUT2D eigenvalue weighted by Gasteiger charge is 2.40. The number of pyridine rings is 1. The van der Waals surface area contributed by atoms with E-state index in [1.807, 2.05) is 53.7 Å². The van der Waals surface area contributed by atoms with Crippen molar-refractivity contribution < 1.29 is 14.7 Å². The average molecular weight is 563 g/mol. The van der Waals surface area contributed by atoms with Crippen LogP contribution >= 0.6 is 22.9 Å². The fourth-order valence-electron chi connectivity index (χ4n) is 5.87. The third kappa shape index (κ3) is 5.45. The molecule has 0 aliphatic heterocycles. The zero-order chi connectivity index (χ0) is 27.1. The van der Waals surface area contributed by atoms with Crippen molar-refractivity contribution in [2.45, 2.75) is 57.4 Å². The monoisotopic (exact) mass is 562 g/mol. The summed E-state index contributed by atoms with van der Waals surface area (Å²) in [5.74, 6) is -1.12. The van der Waals surface area contributed by atoms with Crippen LogP contribution in [0.25, 0.3) is 33.4 Å². The molecule has 0 radical (unpaired) electrons. The number of carbonyl (C=O) groups excluding carboxylic acids is 1. The quantitative estimate of drug-likeness (QED) is 0.233. The minimum atomic E-state index is -0.922. The van der Waals surface area contributed by atoms with E-state index in [9.17, 15) is 14.7 Å². The number of thiazole rings is 1. The Balaban J connectivity index is 1.33. The number of anilines is 1. The molecule has 9 heteroatoms. The molecule has 39 heavy (non-hydrogen) atoms. The van der Waals surface area contributed by atoms with Crippen molar-refractivity contribution in [1.82, 2.24) is 14.5 Å². The minimum absolute atomic E-state index is 0.0832. The molecule has 1 amide bonds. The highest BCUT2D eigenvalue weighted by atomic mass is 35.5. The van der Waals surface area contributed by atoms with Gasteiger partial charge in [0.05, 0.1) is 12.1 Å². The number of aliphatic carboxylic acids is 1. The van der Waals surface area contributed by atoms with Gasteiger partial charge in [-0.05, 0) is 55.0 Å². The Morgan fingerprint density at radius 2 is 1.95 bits per heavy atom. The van der Waals surface area contributed by atoms with Gasteiger partial charge in [0.15, 0.2) is 5.13 Å². The van der Waals surface area contributed by atoms with E-state index in [0.717, 1.165) is 71.9 Å². The number of amides is 1. The molecule has 0 unspecified atom stereocenters. The van der Waals surface area contributed by atoms with Gasteiger partial charge in [0.1, 0.15) is 5.65 Å². The molecule has 0 spiro atoms. The Kier molecular flexibility index (Phi) is 7.16. The van der Waals surface area contributed by atoms with Crippen molar-refractivity contribution in [1.29, 1.82) is 0 Å². The van der Waals surface area contributed by atoms with Gasteiger partial charge in [-0.25, -0.2) is 9.97 Å². The van der Waals surface area contributed by atoms with Crippen molar-refractivity contribution in [3.05, 3.63) is 53.1 Å². The van der Waals surface area contributed by atoms with Gasteiger partial charge in [0.2, 0.25) is 5.91 Å². The summed E-state index contributed by atoms with van der Waals surface area (Å²) >= 11 is 7.87. The van der Waals surface area contributed by atoms with E-state index in [2.05, 4.69) is 11.1 Å². The summed E-state index contributed by atoms with van der Waals surface area (Å²) in [6.45, 7) is 0. The number of aromatic nitrogens is 3. The number of hydrogen-bond acceptors (Lipinski definition) is 5. The summed E-state index contributed by atoms with van der Waals surface area (Å²) in [6.07, 6.45) is 10.7. The van der Waals surface area contributed by atoms with Gasteiger partial charge in [-0.3, -0.25) is 14.5 Å². The van der Waals surface area contributed by atoms with Gasteiger partial charge in [0.25, 0.3) is 0 Å². The normalized spacial score (nSPS) is 16.6. The number of carbonyl (C=O) groups is 2. The van der Waals surface area contributed by atoms with Crippen molar-refractivity contribution in [3.63, 3.8) is 0 Å². The molecule has 7 nitrogen and oxygen atoms in total. The number of fused-ring (bicyclic) bond motifs is 1. The Labute approximate surface area is 236 Å². The van der Waals surface area contributed by atoms with Crippen molar-refractivity contribution in [2.24, 2.45) is 18.9 Å². The van der Waals surface area contributed by atoms with Crippen LogP contribution in [0.4, 0.5) is 5.13 Å². The lowest BCUT2D eigenvalue weighted by atomic mass is 9.90. The van der Waals surface area contributed by atoms with Crippen LogP contribution in [0.1, 0.15) is 51.4 Å². The first-order valence-electron chi connectivity index (χ1n) is 13.6. The topological polar surface area (TPSA) is 88.3 Å². The molecule has 1 N–H and O–H groups in total. The van der Waals surface area contributed by atoms with Crippen LogP contribution in [0, 0.1) is 11.8 Å². The first kappa shape index (κ1) is 26.0. The summed E-state index contributed by atoms with van der Waals surface area (Å²) in [6, 6.07) is 9.99. The number of carboxylic acid groups (broad SMARTS) is 1. The van der Waals surface area contributed by atoms with Gasteiger partial charge >= 0.3 is 5.97 Å². The maximum Gasteiger partial charge on any atom is 0.304 e. The fourth-order valence-corrected chi connectivity index (χ4v) is 6.94. The second-order valence-corrected chi connectivity index (χ2v) is 12.2. The number of benzene rings is 1. The van der Waals surface area contributed by atoms with Crippen molar-refractivity contribution in [2.75, 3.05) is 4.90 Å². The lowest BCUT2D eigenvalue weighted by Crippen LogP contribution is -2.39. The standard InChI is InChI=1S/C30H31ClN4O3S/c1-34-11-10-19-13-21(16-32-28(19)34)24-9-6-22(31)15-25(24)26-17-39-30(33-26)35(23-7-8-23)29(38)20(14-27(36)37)12-18-4-2-3-5-18/h6,9-11,13,15-18,20,23H,2-5,7-8,12,14H2,1H3,(H,36,37)/t20-/m1/s1. The number of carboxylic acids is 1. The molecule has 0 saturated heterocycles. The van der Waals surface area contributed by atoms with E-state index in [1.54, 1.807) is 4.90 Å². The average Bonchev–Trinajstić information content (AvgIpc) is 3.27. The zero-order valence-corrected chi connectivity index (χ0v) is 23.4. The molecule has 202 valence electrons. The lowest BCUT2D eigenvalue weighted by molar-refractivity contribution is -0.141. The fraction of sp³-hybridized carbons (Fsp3) is 0.400. The van der Waals surface area contributed by atoms with Crippen LogP contribution in [0.2, 0.25) is 5.02 Å². The summed E-state index contributed by atoms with van der Waals surface area (Å²) in [7, 11) is 1.97. The van der Waals surface area contributed by atoms with Gasteiger partial charge in [-0.1, -0.05) is 43.4 Å². The van der Waals surface area contributed by atoms with Gasteiger partial charge in [-0.15, -0.1) is 11.3 Å². The second-order valence-electron chi connectivity index (χ2n) is 10.9. The molecule has 2 fully saturated rings. The molecule has 4 aromatic rings. The maximum atomic E-state index is 13.9. The third-order valence-corrected chi connectivity index (χ3v) is 9.06. The van der Waals surface area contributed by atoms with Crippen molar-refractivity contribution in [3.8, 4) is 22.4 Å². The largest absolute Gasteiger partial charge is 0.481 e. The Morgan fingerprint density at radius 3 is 2.69 bits per heavy atom. The highest BCUT2D eigenvalue weighted by Crippen LogP contribution is 2.41. The van der Waals surface area contributed by atoms with E-state index in [1.165, 1.54) is 11.3 Å². The molecule has 6 rings (SSSR count). The summed E-state index contributed by atoms with van der Waals surface area (Å²) in [4.78, 5) is 37.0. The van der Waals surface area contributed by atoms with Crippen LogP contribution in [0.5, 0.6) is 0 Å². The summed E-state index contributed by atoms with van der Waals surface area (Å²) in [5.41, 5.74) is 4.45. The maximum absolute atomic E-state index is 13.9. The molecule has 2 aliphatic carbocycles. The first-order valence-corrected chi connectivity index (χ1v) is 14.8. The van der Waals surface area contributed by atoms with Gasteiger partial charge < -0.3 is 9.67 Å². The van der Waals surface area contributed by atoms with E-state index >= 15 is 0 Å². The second kappa shape index (κ2) is 10.7. The van der Waals surface area contributed by atoms with E-state index < -0.39 is 11.9 Å². The van der Waals surface area contributed by atoms with Crippen LogP contribution in [-0.4, -0.2) is 37.6 Å². The predicted molar refractivity (Wildman–Crippen MR) is 155 cm³/mol. The number of nitrogens with zero attached hydrogens (tertiary/aromatic N) is 4. The van der Waals surface area contributed by atoms with E-state index in [0.29, 0.717) is 22.5 Å². The van der Waals surface area contributed by atoms with Crippen LogP contribution in [-0.2, 0) is 16.6 Å². The Bertz CT molecular complexity index is 1540. The number of aryl methyl sites for hydroxylation is 1. The Hall–Kier alpha value is -3.23. The smallest absolute Gasteiger partial charge is 0.304 e. The summed E-state index contributed by atoms with van der Waals surface area (Å²) in [5, 5.41) is 13.8. The number of hydrogen-bond donors (Lipinski definition) is 1. The van der Waals surface area contributed by atoms with Crippen LogP contribution in [0.3, 0.4) is 0 Å². The molecular formula is C30H31ClN4O3S. The van der Waals surface area contributed by atoms with Crippen LogP contribution < -0.4 is 4.90 Å². The first-order chi connectivity index (χ1) is 18.9. The van der Waals surface area contributed by atoms with Gasteiger partial charge in [0, 0.05) is 58.3 Å². The molecule has 3 heterocycles. The molecular weight excluding hydrogens is 532 g/mol. The minimum Gasteiger partial charge on any atom is -0.481 e. The SMILES string of the molecule is Cn1ccc2cc(-c3ccc(Cl)cc3-c3csc(N(C(=O)[C@@H](CC(=O)O)CC4CCCC4)C4CC4)n3)cnc21. The lowest BCUT2D eigenvalue weighted by Gasteiger charge is -2.26. The number of halogens is 1. The number of rotatable bonds is 9. The molecule has 3 aromatic heterocycles. The molecule has 2 saturated carbocycles. The predicted octanol–water partition coefficient (Wildman–Crippen LogP) is 7.18. The zero-order valence-electron chi connectivity index (χ0n) is 21.8. The van der Waals surface area contributed by atoms with E-state index in [-0.39, 0.29) is 18.4 Å².